The molecule has 2 aromatic rings. The second-order valence-corrected chi connectivity index (χ2v) is 9.39. The minimum absolute atomic E-state index is 0.0425. The summed E-state index contributed by atoms with van der Waals surface area (Å²) in [7, 11) is -4.96. The Hall–Kier alpha value is -2.98. The molecular formula is C21H28N3O8P. The van der Waals surface area contributed by atoms with Gasteiger partial charge in [-0.25, -0.2) is 9.36 Å². The zero-order chi connectivity index (χ0) is 24.8. The number of furan rings is 1. The van der Waals surface area contributed by atoms with E-state index in [1.807, 2.05) is 0 Å². The van der Waals surface area contributed by atoms with Gasteiger partial charge in [-0.1, -0.05) is 38.1 Å². The highest BCUT2D eigenvalue weighted by Crippen LogP contribution is 2.42. The van der Waals surface area contributed by atoms with Gasteiger partial charge in [0.05, 0.1) is 19.2 Å². The van der Waals surface area contributed by atoms with Crippen LogP contribution in [0.4, 0.5) is 0 Å². The highest BCUT2D eigenvalue weighted by molar-refractivity contribution is 7.49. The molecule has 2 unspecified atom stereocenters. The van der Waals surface area contributed by atoms with Crippen molar-refractivity contribution in [3.05, 3.63) is 48.4 Å². The molecule has 1 aromatic heterocycles. The van der Waals surface area contributed by atoms with E-state index in [-0.39, 0.29) is 6.42 Å². The molecule has 0 radical (unpaired) electrons. The zero-order valence-electron chi connectivity index (χ0n) is 18.5. The van der Waals surface area contributed by atoms with E-state index >= 15 is 0 Å². The van der Waals surface area contributed by atoms with Crippen LogP contribution in [0.25, 0.3) is 11.1 Å². The van der Waals surface area contributed by atoms with Crippen LogP contribution in [0.3, 0.4) is 0 Å². The Morgan fingerprint density at radius 3 is 2.18 bits per heavy atom. The number of carbonyl (C=O) groups is 3. The largest absolute Gasteiger partial charge is 0.480 e. The fourth-order valence-electron chi connectivity index (χ4n) is 3.28. The minimum Gasteiger partial charge on any atom is -0.480 e. The van der Waals surface area contributed by atoms with Gasteiger partial charge in [0.1, 0.15) is 12.1 Å². The molecule has 2 amide bonds. The molecule has 2 atom stereocenters. The molecule has 0 aliphatic carbocycles. The average molecular weight is 481 g/mol. The normalized spacial score (nSPS) is 13.5. The van der Waals surface area contributed by atoms with Crippen molar-refractivity contribution in [3.8, 4) is 11.1 Å². The van der Waals surface area contributed by atoms with Gasteiger partial charge in [0, 0.05) is 18.9 Å². The zero-order valence-corrected chi connectivity index (χ0v) is 19.4. The van der Waals surface area contributed by atoms with Gasteiger partial charge in [-0.3, -0.25) is 9.59 Å². The van der Waals surface area contributed by atoms with Gasteiger partial charge in [0.2, 0.25) is 11.8 Å². The molecule has 0 saturated carbocycles. The molecule has 0 aliphatic heterocycles. The predicted octanol–water partition coefficient (Wildman–Crippen LogP) is 1.57. The van der Waals surface area contributed by atoms with Gasteiger partial charge >= 0.3 is 13.7 Å². The highest BCUT2D eigenvalue weighted by Gasteiger charge is 2.40. The van der Waals surface area contributed by atoms with Crippen LogP contribution in [-0.4, -0.2) is 56.1 Å². The molecule has 0 spiro atoms. The van der Waals surface area contributed by atoms with Crippen molar-refractivity contribution < 1.29 is 38.3 Å². The SMILES string of the molecule is CC(=O)NCN(C(C(=O)NC(Cc1ccc(-c2ccoc2)cc1)C(=O)O)C(C)C)P(=O)(O)O. The van der Waals surface area contributed by atoms with Crippen molar-refractivity contribution in [1.82, 2.24) is 15.3 Å². The molecule has 1 aromatic carbocycles. The van der Waals surface area contributed by atoms with E-state index in [1.54, 1.807) is 50.4 Å². The van der Waals surface area contributed by atoms with Crippen molar-refractivity contribution in [3.63, 3.8) is 0 Å². The van der Waals surface area contributed by atoms with E-state index in [2.05, 4.69) is 10.6 Å². The Kier molecular flexibility index (Phi) is 8.95. The van der Waals surface area contributed by atoms with E-state index < -0.39 is 50.2 Å². The Morgan fingerprint density at radius 1 is 1.09 bits per heavy atom. The number of carbonyl (C=O) groups excluding carboxylic acids is 2. The van der Waals surface area contributed by atoms with Gasteiger partial charge in [0.25, 0.3) is 0 Å². The quantitative estimate of drug-likeness (QED) is 0.236. The van der Waals surface area contributed by atoms with E-state index in [9.17, 15) is 33.8 Å². The summed E-state index contributed by atoms with van der Waals surface area (Å²) in [6, 6.07) is 6.10. The number of hydrogen-bond donors (Lipinski definition) is 5. The molecule has 5 N–H and O–H groups in total. The van der Waals surface area contributed by atoms with E-state index in [0.717, 1.165) is 11.1 Å². The Bertz CT molecular complexity index is 1000. The molecule has 180 valence electrons. The van der Waals surface area contributed by atoms with E-state index in [0.29, 0.717) is 10.2 Å². The summed E-state index contributed by atoms with van der Waals surface area (Å²) in [6.07, 6.45) is 3.07. The number of benzene rings is 1. The van der Waals surface area contributed by atoms with Crippen molar-refractivity contribution in [2.45, 2.75) is 39.3 Å². The fraction of sp³-hybridized carbons (Fsp3) is 0.381. The number of amides is 2. The van der Waals surface area contributed by atoms with Crippen LogP contribution >= 0.6 is 7.75 Å². The number of nitrogens with zero attached hydrogens (tertiary/aromatic N) is 1. The maximum absolute atomic E-state index is 12.9. The first-order chi connectivity index (χ1) is 15.4. The summed E-state index contributed by atoms with van der Waals surface area (Å²) >= 11 is 0. The van der Waals surface area contributed by atoms with Crippen LogP contribution in [0, 0.1) is 5.92 Å². The first-order valence-electron chi connectivity index (χ1n) is 10.1. The number of hydrogen-bond acceptors (Lipinski definition) is 5. The summed E-state index contributed by atoms with van der Waals surface area (Å²) < 4.78 is 17.6. The molecule has 11 nitrogen and oxygen atoms in total. The van der Waals surface area contributed by atoms with Gasteiger partial charge in [0.15, 0.2) is 0 Å². The van der Waals surface area contributed by atoms with E-state index in [1.165, 1.54) is 13.2 Å². The number of rotatable bonds is 11. The smallest absolute Gasteiger partial charge is 0.405 e. The van der Waals surface area contributed by atoms with E-state index in [4.69, 9.17) is 4.42 Å². The summed E-state index contributed by atoms with van der Waals surface area (Å²) in [5.74, 6) is -3.32. The monoisotopic (exact) mass is 481 g/mol. The third-order valence-corrected chi connectivity index (χ3v) is 5.97. The first kappa shape index (κ1) is 26.3. The Balaban J connectivity index is 2.19. The van der Waals surface area contributed by atoms with Crippen LogP contribution in [0.1, 0.15) is 26.3 Å². The van der Waals surface area contributed by atoms with Gasteiger partial charge in [-0.15, -0.1) is 0 Å². The predicted molar refractivity (Wildman–Crippen MR) is 119 cm³/mol. The summed E-state index contributed by atoms with van der Waals surface area (Å²) in [6.45, 7) is 3.71. The summed E-state index contributed by atoms with van der Waals surface area (Å²) in [5, 5.41) is 14.3. The maximum Gasteiger partial charge on any atom is 0.405 e. The number of nitrogens with one attached hydrogen (secondary N) is 2. The van der Waals surface area contributed by atoms with Crippen LogP contribution in [0.15, 0.2) is 47.3 Å². The first-order valence-corrected chi connectivity index (χ1v) is 11.7. The molecule has 0 aliphatic rings. The summed E-state index contributed by atoms with van der Waals surface area (Å²) in [5.41, 5.74) is 2.38. The Labute approximate surface area is 191 Å². The number of aliphatic carboxylic acids is 1. The molecule has 33 heavy (non-hydrogen) atoms. The fourth-order valence-corrected chi connectivity index (χ4v) is 4.23. The van der Waals surface area contributed by atoms with Crippen molar-refractivity contribution >= 4 is 25.5 Å². The van der Waals surface area contributed by atoms with Crippen LogP contribution in [-0.2, 0) is 25.4 Å². The molecular weight excluding hydrogens is 453 g/mol. The van der Waals surface area contributed by atoms with Crippen molar-refractivity contribution in [1.29, 1.82) is 0 Å². The molecule has 2 rings (SSSR count). The lowest BCUT2D eigenvalue weighted by Gasteiger charge is -2.33. The second kappa shape index (κ2) is 11.2. The van der Waals surface area contributed by atoms with Crippen molar-refractivity contribution in [2.75, 3.05) is 6.67 Å². The molecule has 0 fully saturated rings. The Morgan fingerprint density at radius 2 is 1.73 bits per heavy atom. The highest BCUT2D eigenvalue weighted by atomic mass is 31.2. The molecule has 0 bridgehead atoms. The number of carboxylic acids is 1. The standard InChI is InChI=1S/C21H28N3O8P/c1-13(2)19(24(33(29,30)31)12-22-14(3)25)20(26)23-18(21(27)28)10-15-4-6-16(7-5-15)17-8-9-32-11-17/h4-9,11,13,18-19H,10,12H2,1-3H3,(H,22,25)(H,23,26)(H,27,28)(H2,29,30,31). The topological polar surface area (TPSA) is 169 Å². The van der Waals surface area contributed by atoms with Gasteiger partial charge in [-0.2, -0.15) is 4.67 Å². The molecule has 12 heteroatoms. The van der Waals surface area contributed by atoms with Crippen LogP contribution in [0.5, 0.6) is 0 Å². The third kappa shape index (κ3) is 7.54. The maximum atomic E-state index is 12.9. The lowest BCUT2D eigenvalue weighted by Crippen LogP contribution is -2.55. The van der Waals surface area contributed by atoms with Gasteiger partial charge < -0.3 is 29.9 Å². The molecule has 1 heterocycles. The number of carboxylic acid groups (broad SMARTS) is 1. The lowest BCUT2D eigenvalue weighted by molar-refractivity contribution is -0.142. The average Bonchev–Trinajstić information content (AvgIpc) is 3.24. The summed E-state index contributed by atoms with van der Waals surface area (Å²) in [4.78, 5) is 55.4. The lowest BCUT2D eigenvalue weighted by atomic mass is 10.00. The van der Waals surface area contributed by atoms with Crippen LogP contribution in [0.2, 0.25) is 0 Å². The van der Waals surface area contributed by atoms with Gasteiger partial charge in [-0.05, 0) is 23.1 Å². The second-order valence-electron chi connectivity index (χ2n) is 7.85. The van der Waals surface area contributed by atoms with Crippen molar-refractivity contribution in [2.24, 2.45) is 5.92 Å². The third-order valence-electron chi connectivity index (χ3n) is 4.91. The van der Waals surface area contributed by atoms with Crippen LogP contribution < -0.4 is 10.6 Å². The minimum atomic E-state index is -4.96. The molecule has 0 saturated heterocycles.